The van der Waals surface area contributed by atoms with E-state index in [4.69, 9.17) is 17.3 Å². The van der Waals surface area contributed by atoms with E-state index in [0.29, 0.717) is 27.7 Å². The van der Waals surface area contributed by atoms with Gasteiger partial charge in [-0.05, 0) is 65.4 Å². The number of halogens is 1. The molecule has 1 heterocycles. The Morgan fingerprint density at radius 3 is 2.51 bits per heavy atom. The third kappa shape index (κ3) is 5.42. The molecule has 0 saturated heterocycles. The highest BCUT2D eigenvalue weighted by Gasteiger charge is 2.31. The van der Waals surface area contributed by atoms with Crippen molar-refractivity contribution in [1.29, 1.82) is 0 Å². The van der Waals surface area contributed by atoms with Crippen LogP contribution in [0.2, 0.25) is 5.02 Å². The van der Waals surface area contributed by atoms with Crippen LogP contribution in [0.4, 0.5) is 11.5 Å². The van der Waals surface area contributed by atoms with Crippen molar-refractivity contribution in [2.24, 2.45) is 0 Å². The number of carbonyl (C=O) groups is 2. The maximum absolute atomic E-state index is 13.1. The highest BCUT2D eigenvalue weighted by molar-refractivity contribution is 6.31. The topological polar surface area (TPSA) is 117 Å². The summed E-state index contributed by atoms with van der Waals surface area (Å²) in [6.45, 7) is 2.03. The minimum atomic E-state index is -1.62. The molecule has 4 rings (SSSR count). The second-order valence-electron chi connectivity index (χ2n) is 8.09. The van der Waals surface area contributed by atoms with Crippen LogP contribution in [0.15, 0.2) is 79.0 Å². The van der Waals surface area contributed by atoms with Gasteiger partial charge in [-0.1, -0.05) is 48.9 Å². The van der Waals surface area contributed by atoms with E-state index >= 15 is 0 Å². The zero-order chi connectivity index (χ0) is 24.9. The van der Waals surface area contributed by atoms with Gasteiger partial charge in [0.05, 0.1) is 6.04 Å². The molecule has 0 aliphatic heterocycles. The number of nitrogen functional groups attached to an aromatic ring is 1. The molecule has 0 fully saturated rings. The number of benzene rings is 3. The van der Waals surface area contributed by atoms with Gasteiger partial charge in [0.25, 0.3) is 11.8 Å². The molecule has 2 unspecified atom stereocenters. The Kier molecular flexibility index (Phi) is 7.29. The number of aliphatic hydroxyl groups is 1. The van der Waals surface area contributed by atoms with E-state index in [9.17, 15) is 14.7 Å². The summed E-state index contributed by atoms with van der Waals surface area (Å²) in [6.07, 6.45) is 0.807. The number of aromatic nitrogens is 1. The Labute approximate surface area is 207 Å². The monoisotopic (exact) mass is 488 g/mol. The second-order valence-corrected chi connectivity index (χ2v) is 8.50. The third-order valence-corrected chi connectivity index (χ3v) is 6.14. The van der Waals surface area contributed by atoms with Crippen molar-refractivity contribution in [1.82, 2.24) is 10.3 Å². The van der Waals surface area contributed by atoms with Gasteiger partial charge in [-0.2, -0.15) is 0 Å². The summed E-state index contributed by atoms with van der Waals surface area (Å²) in [5.74, 6) is -0.745. The van der Waals surface area contributed by atoms with Crippen molar-refractivity contribution >= 4 is 45.7 Å². The second kappa shape index (κ2) is 10.5. The lowest BCUT2D eigenvalue weighted by Gasteiger charge is -2.25. The number of nitrogens with two attached hydrogens (primary N) is 1. The summed E-state index contributed by atoms with van der Waals surface area (Å²) in [4.78, 5) is 30.1. The van der Waals surface area contributed by atoms with Gasteiger partial charge in [-0.25, -0.2) is 4.98 Å². The third-order valence-electron chi connectivity index (χ3n) is 5.80. The molecule has 8 heteroatoms. The van der Waals surface area contributed by atoms with Gasteiger partial charge in [0.1, 0.15) is 5.82 Å². The predicted octanol–water partition coefficient (Wildman–Crippen LogP) is 4.50. The fourth-order valence-corrected chi connectivity index (χ4v) is 4.07. The maximum Gasteiger partial charge on any atom is 0.255 e. The number of anilines is 2. The molecule has 3 aromatic carbocycles. The Bertz CT molecular complexity index is 1370. The first-order valence-corrected chi connectivity index (χ1v) is 11.5. The smallest absolute Gasteiger partial charge is 0.255 e. The summed E-state index contributed by atoms with van der Waals surface area (Å²) < 4.78 is 0. The van der Waals surface area contributed by atoms with Gasteiger partial charge < -0.3 is 21.5 Å². The van der Waals surface area contributed by atoms with E-state index < -0.39 is 24.0 Å². The normalized spacial score (nSPS) is 12.7. The predicted molar refractivity (Wildman–Crippen MR) is 138 cm³/mol. The Morgan fingerprint density at radius 2 is 1.80 bits per heavy atom. The lowest BCUT2D eigenvalue weighted by molar-refractivity contribution is -0.125. The highest BCUT2D eigenvalue weighted by Crippen LogP contribution is 2.27. The fraction of sp³-hybridized carbons (Fsp3) is 0.148. The van der Waals surface area contributed by atoms with Crippen molar-refractivity contribution in [2.75, 3.05) is 11.1 Å². The van der Waals surface area contributed by atoms with Crippen molar-refractivity contribution in [3.05, 3.63) is 101 Å². The van der Waals surface area contributed by atoms with Crippen molar-refractivity contribution in [2.45, 2.75) is 25.5 Å². The van der Waals surface area contributed by atoms with Crippen LogP contribution >= 0.6 is 11.6 Å². The molecular weight excluding hydrogens is 464 g/mol. The minimum Gasteiger partial charge on any atom is -0.383 e. The molecule has 0 aliphatic carbocycles. The number of aryl methyl sites for hydroxylation is 1. The van der Waals surface area contributed by atoms with Crippen molar-refractivity contribution in [3.8, 4) is 0 Å². The average molecular weight is 489 g/mol. The fourth-order valence-electron chi connectivity index (χ4n) is 3.82. The first-order chi connectivity index (χ1) is 16.9. The molecule has 178 valence electrons. The Morgan fingerprint density at radius 1 is 1.06 bits per heavy atom. The number of fused-ring (bicyclic) bond motifs is 1. The van der Waals surface area contributed by atoms with Crippen LogP contribution < -0.4 is 16.4 Å². The molecule has 7 nitrogen and oxygen atoms in total. The van der Waals surface area contributed by atoms with Gasteiger partial charge in [0, 0.05) is 27.9 Å². The number of hydrogen-bond acceptors (Lipinski definition) is 5. The van der Waals surface area contributed by atoms with Crippen LogP contribution in [0.5, 0.6) is 0 Å². The molecule has 0 spiro atoms. The molecule has 0 saturated carbocycles. The highest BCUT2D eigenvalue weighted by atomic mass is 35.5. The first-order valence-electron chi connectivity index (χ1n) is 11.1. The zero-order valence-electron chi connectivity index (χ0n) is 19.0. The van der Waals surface area contributed by atoms with Crippen LogP contribution in [0, 0.1) is 0 Å². The van der Waals surface area contributed by atoms with Crippen molar-refractivity contribution in [3.63, 3.8) is 0 Å². The number of pyridine rings is 1. The maximum atomic E-state index is 13.1. The number of hydrogen-bond donors (Lipinski definition) is 4. The number of carbonyl (C=O) groups excluding carboxylic acids is 2. The quantitative estimate of drug-likeness (QED) is 0.305. The van der Waals surface area contributed by atoms with E-state index in [1.807, 2.05) is 19.1 Å². The van der Waals surface area contributed by atoms with Crippen LogP contribution in [0.1, 0.15) is 34.5 Å². The first kappa shape index (κ1) is 24.2. The Hall–Kier alpha value is -3.94. The average Bonchev–Trinajstić information content (AvgIpc) is 2.87. The van der Waals surface area contributed by atoms with Crippen LogP contribution in [0.3, 0.4) is 0 Å². The van der Waals surface area contributed by atoms with Gasteiger partial charge in [0.15, 0.2) is 6.10 Å². The number of rotatable bonds is 7. The lowest BCUT2D eigenvalue weighted by Crippen LogP contribution is -2.42. The summed E-state index contributed by atoms with van der Waals surface area (Å²) in [5.41, 5.74) is 8.29. The largest absolute Gasteiger partial charge is 0.383 e. The molecule has 1 aromatic heterocycles. The molecular formula is C27H25ClN4O3. The standard InChI is InChI=1S/C27H25ClN4O3/c1-2-16-7-9-17(10-8-16)26(34)32-23(21-5-3-4-6-22(21)28)24(33)27(35)31-19-11-12-20-18(15-19)13-14-30-25(20)29/h3-15,23-24,33H,2H2,1H3,(H2,29,30)(H,31,35)(H,32,34). The van der Waals surface area contributed by atoms with Crippen LogP contribution in [0.25, 0.3) is 10.8 Å². The van der Waals surface area contributed by atoms with E-state index in [-0.39, 0.29) is 0 Å². The van der Waals surface area contributed by atoms with Gasteiger partial charge in [-0.15, -0.1) is 0 Å². The van der Waals surface area contributed by atoms with E-state index in [1.54, 1.807) is 66.9 Å². The molecule has 2 amide bonds. The minimum absolute atomic E-state index is 0.319. The molecule has 4 aromatic rings. The number of nitrogens with zero attached hydrogens (tertiary/aromatic N) is 1. The lowest BCUT2D eigenvalue weighted by atomic mass is 9.99. The molecule has 0 aliphatic rings. The zero-order valence-corrected chi connectivity index (χ0v) is 19.8. The summed E-state index contributed by atoms with van der Waals surface area (Å²) in [5, 5.41) is 18.4. The molecule has 5 N–H and O–H groups in total. The van der Waals surface area contributed by atoms with Crippen LogP contribution in [-0.4, -0.2) is 28.0 Å². The number of aliphatic hydroxyl groups excluding tert-OH is 1. The van der Waals surface area contributed by atoms with E-state index in [1.165, 1.54) is 0 Å². The number of amides is 2. The van der Waals surface area contributed by atoms with Crippen LogP contribution in [-0.2, 0) is 11.2 Å². The summed E-state index contributed by atoms with van der Waals surface area (Å²) in [7, 11) is 0. The van der Waals surface area contributed by atoms with E-state index in [0.717, 1.165) is 22.8 Å². The molecule has 35 heavy (non-hydrogen) atoms. The molecule has 0 radical (unpaired) electrons. The summed E-state index contributed by atoms with van der Waals surface area (Å²) in [6, 6.07) is 19.7. The van der Waals surface area contributed by atoms with E-state index in [2.05, 4.69) is 15.6 Å². The molecule has 0 bridgehead atoms. The summed E-state index contributed by atoms with van der Waals surface area (Å²) >= 11 is 6.37. The van der Waals surface area contributed by atoms with Gasteiger partial charge in [0.2, 0.25) is 0 Å². The SMILES string of the molecule is CCc1ccc(C(=O)NC(c2ccccc2Cl)C(O)C(=O)Nc2ccc3c(N)nccc3c2)cc1. The molecule has 2 atom stereocenters. The van der Waals surface area contributed by atoms with Gasteiger partial charge in [-0.3, -0.25) is 9.59 Å². The van der Waals surface area contributed by atoms with Crippen molar-refractivity contribution < 1.29 is 14.7 Å². The Balaban J connectivity index is 1.59. The number of nitrogens with one attached hydrogen (secondary N) is 2. The van der Waals surface area contributed by atoms with Gasteiger partial charge >= 0.3 is 0 Å².